The predicted molar refractivity (Wildman–Crippen MR) is 131 cm³/mol. The number of carbonyl (C=O) groups is 2. The number of rotatable bonds is 8. The van der Waals surface area contributed by atoms with E-state index in [4.69, 9.17) is 27.9 Å². The zero-order chi connectivity index (χ0) is 25.0. The van der Waals surface area contributed by atoms with Crippen LogP contribution < -0.4 is 10.9 Å². The fourth-order valence-corrected chi connectivity index (χ4v) is 4.74. The standard InChI is InChI=1S/C23H19Cl2N3O5S/c1-12-7-19(34-21(12)23(31)32)27-22(30)18(5-6-33-2)28-11-17(25)16(9-20(28)29)15-8-14(24)4-3-13(15)10-26/h3-4,7-9,11,18H,5-6H2,1-2H3,(H,27,30)(H,31,32). The zero-order valence-electron chi connectivity index (χ0n) is 18.1. The first-order chi connectivity index (χ1) is 16.2. The summed E-state index contributed by atoms with van der Waals surface area (Å²) in [7, 11) is 1.47. The maximum Gasteiger partial charge on any atom is 0.346 e. The third-order valence-electron chi connectivity index (χ3n) is 5.02. The number of aryl methyl sites for hydroxylation is 1. The number of nitriles is 1. The number of carboxylic acids is 1. The second-order valence-electron chi connectivity index (χ2n) is 7.30. The van der Waals surface area contributed by atoms with Crippen molar-refractivity contribution in [2.75, 3.05) is 19.0 Å². The van der Waals surface area contributed by atoms with Gasteiger partial charge in [0.2, 0.25) is 5.91 Å². The molecule has 0 bridgehead atoms. The molecule has 0 radical (unpaired) electrons. The number of ether oxygens (including phenoxy) is 1. The van der Waals surface area contributed by atoms with Gasteiger partial charge in [0.25, 0.3) is 5.56 Å². The van der Waals surface area contributed by atoms with Crippen molar-refractivity contribution in [1.82, 2.24) is 4.57 Å². The second-order valence-corrected chi connectivity index (χ2v) is 9.19. The molecule has 3 rings (SSSR count). The summed E-state index contributed by atoms with van der Waals surface area (Å²) in [5, 5.41) is 22.2. The van der Waals surface area contributed by atoms with Gasteiger partial charge in [0.05, 0.1) is 21.7 Å². The van der Waals surface area contributed by atoms with Crippen molar-refractivity contribution >= 4 is 51.4 Å². The van der Waals surface area contributed by atoms with Crippen LogP contribution in [0, 0.1) is 18.3 Å². The number of halogens is 2. The lowest BCUT2D eigenvalue weighted by Crippen LogP contribution is -2.33. The summed E-state index contributed by atoms with van der Waals surface area (Å²) in [6, 6.07) is 8.50. The van der Waals surface area contributed by atoms with E-state index < -0.39 is 23.5 Å². The number of pyridine rings is 1. The molecule has 3 aromatic rings. The number of aromatic nitrogens is 1. The Balaban J connectivity index is 2.01. The van der Waals surface area contributed by atoms with Gasteiger partial charge in [0, 0.05) is 48.6 Å². The van der Waals surface area contributed by atoms with Gasteiger partial charge in [0.1, 0.15) is 10.9 Å². The van der Waals surface area contributed by atoms with E-state index in [1.807, 2.05) is 6.07 Å². The maximum atomic E-state index is 13.1. The Morgan fingerprint density at radius 1 is 1.26 bits per heavy atom. The summed E-state index contributed by atoms with van der Waals surface area (Å²) >= 11 is 13.5. The number of aromatic carboxylic acids is 1. The van der Waals surface area contributed by atoms with E-state index in [-0.39, 0.29) is 22.9 Å². The molecular weight excluding hydrogens is 501 g/mol. The summed E-state index contributed by atoms with van der Waals surface area (Å²) in [6.07, 6.45) is 1.50. The van der Waals surface area contributed by atoms with E-state index in [2.05, 4.69) is 5.32 Å². The molecule has 176 valence electrons. The van der Waals surface area contributed by atoms with E-state index in [9.17, 15) is 24.8 Å². The number of nitrogens with zero attached hydrogens (tertiary/aromatic N) is 2. The lowest BCUT2D eigenvalue weighted by molar-refractivity contribution is -0.119. The van der Waals surface area contributed by atoms with Crippen LogP contribution in [0.25, 0.3) is 11.1 Å². The fraction of sp³-hybridized carbons (Fsp3) is 0.217. The highest BCUT2D eigenvalue weighted by Crippen LogP contribution is 2.32. The summed E-state index contributed by atoms with van der Waals surface area (Å²) < 4.78 is 6.29. The second kappa shape index (κ2) is 10.8. The van der Waals surface area contributed by atoms with Gasteiger partial charge in [0.15, 0.2) is 0 Å². The number of carbonyl (C=O) groups excluding carboxylic acids is 1. The molecular formula is C23H19Cl2N3O5S. The minimum Gasteiger partial charge on any atom is -0.477 e. The van der Waals surface area contributed by atoms with Crippen LogP contribution in [0.5, 0.6) is 0 Å². The van der Waals surface area contributed by atoms with E-state index in [0.717, 1.165) is 11.3 Å². The third kappa shape index (κ3) is 5.48. The number of hydrogen-bond acceptors (Lipinski definition) is 6. The van der Waals surface area contributed by atoms with Crippen LogP contribution in [0.4, 0.5) is 5.00 Å². The van der Waals surface area contributed by atoms with Gasteiger partial charge in [-0.2, -0.15) is 5.26 Å². The Morgan fingerprint density at radius 2 is 2.00 bits per heavy atom. The molecule has 2 aromatic heterocycles. The Bertz CT molecular complexity index is 1360. The molecule has 0 fully saturated rings. The first-order valence-electron chi connectivity index (χ1n) is 9.91. The molecule has 1 amide bonds. The van der Waals surface area contributed by atoms with Crippen molar-refractivity contribution in [1.29, 1.82) is 5.26 Å². The average molecular weight is 520 g/mol. The quantitative estimate of drug-likeness (QED) is 0.432. The van der Waals surface area contributed by atoms with Gasteiger partial charge in [-0.3, -0.25) is 9.59 Å². The van der Waals surface area contributed by atoms with Crippen LogP contribution in [0.3, 0.4) is 0 Å². The van der Waals surface area contributed by atoms with Crippen molar-refractivity contribution in [2.45, 2.75) is 19.4 Å². The van der Waals surface area contributed by atoms with Crippen LogP contribution in [0.1, 0.15) is 33.3 Å². The number of hydrogen-bond donors (Lipinski definition) is 2. The minimum absolute atomic E-state index is 0.114. The van der Waals surface area contributed by atoms with Gasteiger partial charge in [-0.05, 0) is 36.8 Å². The SMILES string of the molecule is COCCC(C(=O)Nc1cc(C)c(C(=O)O)s1)n1cc(Cl)c(-c2cc(Cl)ccc2C#N)cc1=O. The van der Waals surface area contributed by atoms with Crippen molar-refractivity contribution in [3.05, 3.63) is 72.9 Å². The Kier molecular flexibility index (Phi) is 8.12. The van der Waals surface area contributed by atoms with Gasteiger partial charge in [-0.1, -0.05) is 23.2 Å². The number of nitrogens with one attached hydrogen (secondary N) is 1. The Labute approximate surface area is 208 Å². The maximum absolute atomic E-state index is 13.1. The van der Waals surface area contributed by atoms with E-state index in [1.54, 1.807) is 25.1 Å². The molecule has 0 spiro atoms. The molecule has 0 aliphatic heterocycles. The number of methoxy groups -OCH3 is 1. The van der Waals surface area contributed by atoms with Crippen LogP contribution in [0.15, 0.2) is 41.3 Å². The highest BCUT2D eigenvalue weighted by molar-refractivity contribution is 7.18. The summed E-state index contributed by atoms with van der Waals surface area (Å²) in [5.74, 6) is -1.61. The van der Waals surface area contributed by atoms with Crippen LogP contribution in [-0.2, 0) is 9.53 Å². The van der Waals surface area contributed by atoms with Gasteiger partial charge >= 0.3 is 5.97 Å². The molecule has 11 heteroatoms. The van der Waals surface area contributed by atoms with Crippen molar-refractivity contribution in [3.8, 4) is 17.2 Å². The van der Waals surface area contributed by atoms with Crippen LogP contribution in [0.2, 0.25) is 10.0 Å². The van der Waals surface area contributed by atoms with Gasteiger partial charge < -0.3 is 19.7 Å². The largest absolute Gasteiger partial charge is 0.477 e. The topological polar surface area (TPSA) is 121 Å². The van der Waals surface area contributed by atoms with E-state index in [0.29, 0.717) is 32.3 Å². The number of amides is 1. The van der Waals surface area contributed by atoms with Gasteiger partial charge in [-0.15, -0.1) is 11.3 Å². The smallest absolute Gasteiger partial charge is 0.346 e. The number of carboxylic acid groups (broad SMARTS) is 1. The summed E-state index contributed by atoms with van der Waals surface area (Å²) in [5.41, 5.74) is 0.999. The molecule has 1 aromatic carbocycles. The highest BCUT2D eigenvalue weighted by atomic mass is 35.5. The molecule has 8 nitrogen and oxygen atoms in total. The summed E-state index contributed by atoms with van der Waals surface area (Å²) in [4.78, 5) is 37.6. The van der Waals surface area contributed by atoms with Gasteiger partial charge in [-0.25, -0.2) is 4.79 Å². The first kappa shape index (κ1) is 25.5. The first-order valence-corrected chi connectivity index (χ1v) is 11.5. The highest BCUT2D eigenvalue weighted by Gasteiger charge is 2.24. The molecule has 2 heterocycles. The molecule has 0 aliphatic rings. The number of thiophene rings is 1. The Morgan fingerprint density at radius 3 is 2.62 bits per heavy atom. The van der Waals surface area contributed by atoms with Crippen molar-refractivity contribution in [3.63, 3.8) is 0 Å². The molecule has 0 saturated heterocycles. The lowest BCUT2D eigenvalue weighted by atomic mass is 10.0. The average Bonchev–Trinajstić information content (AvgIpc) is 3.16. The van der Waals surface area contributed by atoms with E-state index in [1.165, 1.54) is 30.0 Å². The number of benzene rings is 1. The molecule has 0 saturated carbocycles. The normalized spacial score (nSPS) is 11.6. The van der Waals surface area contributed by atoms with Crippen molar-refractivity contribution < 1.29 is 19.4 Å². The zero-order valence-corrected chi connectivity index (χ0v) is 20.4. The molecule has 1 unspecified atom stereocenters. The molecule has 0 aliphatic carbocycles. The third-order valence-corrected chi connectivity index (χ3v) is 6.69. The minimum atomic E-state index is -1.09. The van der Waals surface area contributed by atoms with E-state index >= 15 is 0 Å². The molecule has 1 atom stereocenters. The lowest BCUT2D eigenvalue weighted by Gasteiger charge is -2.20. The molecule has 34 heavy (non-hydrogen) atoms. The fourth-order valence-electron chi connectivity index (χ4n) is 3.40. The van der Waals surface area contributed by atoms with Crippen molar-refractivity contribution in [2.24, 2.45) is 0 Å². The summed E-state index contributed by atoms with van der Waals surface area (Å²) in [6.45, 7) is 1.81. The predicted octanol–water partition coefficient (Wildman–Crippen LogP) is 4.98. The molecule has 2 N–H and O–H groups in total. The van der Waals surface area contributed by atoms with Crippen LogP contribution >= 0.6 is 34.5 Å². The monoisotopic (exact) mass is 519 g/mol. The Hall–Kier alpha value is -3.16. The van der Waals surface area contributed by atoms with Crippen LogP contribution in [-0.4, -0.2) is 35.3 Å². The number of anilines is 1.